The Morgan fingerprint density at radius 2 is 1.92 bits per heavy atom. The van der Waals surface area contributed by atoms with Crippen LogP contribution in [-0.4, -0.2) is 56.3 Å². The summed E-state index contributed by atoms with van der Waals surface area (Å²) < 4.78 is 15.6. The van der Waals surface area contributed by atoms with Crippen LogP contribution in [0.3, 0.4) is 0 Å². The highest BCUT2D eigenvalue weighted by molar-refractivity contribution is 5.80. The highest BCUT2D eigenvalue weighted by atomic mass is 16.5. The first-order chi connectivity index (χ1) is 12.8. The predicted molar refractivity (Wildman–Crippen MR) is 96.3 cm³/mol. The third-order valence-electron chi connectivity index (χ3n) is 5.05. The van der Waals surface area contributed by atoms with E-state index in [1.54, 1.807) is 24.2 Å². The number of hydrogen-bond donors (Lipinski definition) is 1. The largest absolute Gasteiger partial charge is 0.467 e. The van der Waals surface area contributed by atoms with E-state index in [9.17, 15) is 0 Å². The minimum atomic E-state index is 0.266. The molecule has 0 unspecified atom stereocenters. The summed E-state index contributed by atoms with van der Waals surface area (Å²) >= 11 is 0. The summed E-state index contributed by atoms with van der Waals surface area (Å²) in [6.45, 7) is 3.99. The Balaban J connectivity index is 1.37. The zero-order valence-corrected chi connectivity index (χ0v) is 14.9. The molecule has 1 saturated carbocycles. The van der Waals surface area contributed by atoms with E-state index in [0.29, 0.717) is 23.4 Å². The molecule has 4 rings (SSSR count). The number of nitrogen functional groups attached to an aromatic ring is 1. The highest BCUT2D eigenvalue weighted by Crippen LogP contribution is 2.30. The van der Waals surface area contributed by atoms with Gasteiger partial charge in [-0.15, -0.1) is 5.10 Å². The summed E-state index contributed by atoms with van der Waals surface area (Å²) in [4.78, 5) is 8.29. The number of hydrogen-bond acceptors (Lipinski definition) is 6. The van der Waals surface area contributed by atoms with E-state index < -0.39 is 0 Å². The minimum absolute atomic E-state index is 0.266. The third kappa shape index (κ3) is 3.85. The van der Waals surface area contributed by atoms with Crippen LogP contribution in [0, 0.1) is 0 Å². The van der Waals surface area contributed by atoms with Crippen molar-refractivity contribution < 1.29 is 14.0 Å². The van der Waals surface area contributed by atoms with E-state index in [1.807, 2.05) is 10.9 Å². The Hall–Kier alpha value is -2.48. The van der Waals surface area contributed by atoms with Gasteiger partial charge in [-0.25, -0.2) is 14.5 Å². The molecule has 0 atom stereocenters. The molecule has 2 aliphatic rings. The predicted octanol–water partition coefficient (Wildman–Crippen LogP) is 1.43. The van der Waals surface area contributed by atoms with Gasteiger partial charge in [0, 0.05) is 25.2 Å². The van der Waals surface area contributed by atoms with Crippen LogP contribution >= 0.6 is 0 Å². The van der Waals surface area contributed by atoms with Gasteiger partial charge in [0.05, 0.1) is 12.2 Å². The summed E-state index contributed by atoms with van der Waals surface area (Å²) in [7, 11) is 0. The average molecular weight is 357 g/mol. The summed E-state index contributed by atoms with van der Waals surface area (Å²) in [5, 5.41) is 4.56. The summed E-state index contributed by atoms with van der Waals surface area (Å²) in [6.07, 6.45) is 9.64. The van der Waals surface area contributed by atoms with Gasteiger partial charge in [-0.2, -0.15) is 0 Å². The van der Waals surface area contributed by atoms with E-state index in [2.05, 4.69) is 19.6 Å². The Morgan fingerprint density at radius 3 is 2.65 bits per heavy atom. The molecule has 0 aromatic carbocycles. The monoisotopic (exact) mass is 357 g/mol. The second-order valence-electron chi connectivity index (χ2n) is 6.72. The van der Waals surface area contributed by atoms with Crippen molar-refractivity contribution in [3.8, 4) is 5.88 Å². The summed E-state index contributed by atoms with van der Waals surface area (Å²) in [6, 6.07) is 2.14. The summed E-state index contributed by atoms with van der Waals surface area (Å²) in [5.41, 5.74) is 8.20. The maximum absolute atomic E-state index is 6.08. The van der Waals surface area contributed by atoms with Gasteiger partial charge in [-0.05, 0) is 18.9 Å². The van der Waals surface area contributed by atoms with Crippen molar-refractivity contribution >= 4 is 11.4 Å². The Morgan fingerprint density at radius 1 is 1.19 bits per heavy atom. The molecule has 0 bridgehead atoms. The summed E-state index contributed by atoms with van der Waals surface area (Å²) in [5.74, 6) is 1.07. The molecule has 1 saturated heterocycles. The molecule has 1 aliphatic carbocycles. The number of rotatable bonds is 4. The van der Waals surface area contributed by atoms with Crippen LogP contribution in [0.1, 0.15) is 37.5 Å². The molecule has 0 radical (unpaired) electrons. The second-order valence-corrected chi connectivity index (χ2v) is 6.72. The lowest BCUT2D eigenvalue weighted by Gasteiger charge is -2.24. The van der Waals surface area contributed by atoms with Crippen molar-refractivity contribution in [2.24, 2.45) is 0 Å². The molecule has 0 spiro atoms. The first-order valence-electron chi connectivity index (χ1n) is 9.20. The molecule has 0 amide bonds. The number of morpholine rings is 1. The van der Waals surface area contributed by atoms with Gasteiger partial charge in [0.2, 0.25) is 0 Å². The van der Waals surface area contributed by atoms with Crippen molar-refractivity contribution in [1.82, 2.24) is 19.7 Å². The van der Waals surface area contributed by atoms with Crippen LogP contribution < -0.4 is 10.5 Å². The van der Waals surface area contributed by atoms with E-state index in [1.165, 1.54) is 0 Å². The SMILES string of the molecule is Nc1cn(C2CCC(=[N+]3CCOCC3)CC2)nc1OCc1ncccn1. The molecule has 8 heteroatoms. The zero-order chi connectivity index (χ0) is 17.8. The number of ether oxygens (including phenoxy) is 2. The van der Waals surface area contributed by atoms with Gasteiger partial charge in [-0.1, -0.05) is 0 Å². The fourth-order valence-corrected chi connectivity index (χ4v) is 3.62. The molecular weight excluding hydrogens is 332 g/mol. The molecule has 1 aliphatic heterocycles. The first kappa shape index (κ1) is 17.0. The van der Waals surface area contributed by atoms with Gasteiger partial charge >= 0.3 is 0 Å². The number of aromatic nitrogens is 4. The fourth-order valence-electron chi connectivity index (χ4n) is 3.62. The normalized spacial score (nSPS) is 21.0. The van der Waals surface area contributed by atoms with Crippen molar-refractivity contribution in [1.29, 1.82) is 0 Å². The van der Waals surface area contributed by atoms with Crippen LogP contribution in [0.5, 0.6) is 5.88 Å². The molecule has 2 N–H and O–H groups in total. The van der Waals surface area contributed by atoms with Crippen LogP contribution in [0.15, 0.2) is 24.7 Å². The maximum atomic E-state index is 6.08. The van der Waals surface area contributed by atoms with Crippen LogP contribution in [0.25, 0.3) is 0 Å². The second kappa shape index (κ2) is 7.82. The number of nitrogens with zero attached hydrogens (tertiary/aromatic N) is 5. The molecule has 8 nitrogen and oxygen atoms in total. The Kier molecular flexibility index (Phi) is 5.10. The van der Waals surface area contributed by atoms with E-state index in [4.69, 9.17) is 15.2 Å². The van der Waals surface area contributed by atoms with Crippen LogP contribution in [0.4, 0.5) is 5.69 Å². The van der Waals surface area contributed by atoms with Crippen molar-refractivity contribution in [2.45, 2.75) is 38.3 Å². The molecule has 2 aromatic heterocycles. The van der Waals surface area contributed by atoms with Gasteiger partial charge in [0.1, 0.15) is 25.5 Å². The van der Waals surface area contributed by atoms with Crippen LogP contribution in [-0.2, 0) is 11.3 Å². The molecule has 138 valence electrons. The molecule has 2 aromatic rings. The number of nitrogens with two attached hydrogens (primary N) is 1. The quantitative estimate of drug-likeness (QED) is 0.833. The maximum Gasteiger partial charge on any atom is 0.256 e. The van der Waals surface area contributed by atoms with Gasteiger partial charge in [0.25, 0.3) is 5.88 Å². The molecule has 2 fully saturated rings. The average Bonchev–Trinajstić information content (AvgIpc) is 3.09. The first-order valence-corrected chi connectivity index (χ1v) is 9.20. The number of anilines is 1. The smallest absolute Gasteiger partial charge is 0.256 e. The lowest BCUT2D eigenvalue weighted by Crippen LogP contribution is -2.35. The van der Waals surface area contributed by atoms with E-state index >= 15 is 0 Å². The van der Waals surface area contributed by atoms with Gasteiger partial charge in [-0.3, -0.25) is 4.68 Å². The topological polar surface area (TPSA) is 91.1 Å². The fraction of sp³-hybridized carbons (Fsp3) is 0.556. The van der Waals surface area contributed by atoms with Crippen LogP contribution in [0.2, 0.25) is 0 Å². The van der Waals surface area contributed by atoms with E-state index in [-0.39, 0.29) is 6.61 Å². The lowest BCUT2D eigenvalue weighted by atomic mass is 9.93. The van der Waals surface area contributed by atoms with Crippen molar-refractivity contribution in [3.05, 3.63) is 30.5 Å². The molecule has 26 heavy (non-hydrogen) atoms. The highest BCUT2D eigenvalue weighted by Gasteiger charge is 2.27. The van der Waals surface area contributed by atoms with Crippen molar-refractivity contribution in [2.75, 3.05) is 32.0 Å². The van der Waals surface area contributed by atoms with E-state index in [0.717, 1.165) is 52.0 Å². The third-order valence-corrected chi connectivity index (χ3v) is 5.05. The minimum Gasteiger partial charge on any atom is -0.467 e. The Bertz CT molecular complexity index is 755. The van der Waals surface area contributed by atoms with Gasteiger partial charge in [0.15, 0.2) is 24.6 Å². The van der Waals surface area contributed by atoms with Gasteiger partial charge < -0.3 is 15.2 Å². The molecular formula is C18H25N6O2+. The zero-order valence-electron chi connectivity index (χ0n) is 14.9. The standard InChI is InChI=1S/C18H25N6O2/c19-16-12-24(22-18(16)26-13-17-20-6-1-7-21-17)15-4-2-14(3-5-15)23-8-10-25-11-9-23/h1,6-7,12,15H,2-5,8-11,13,19H2/q+1. The lowest BCUT2D eigenvalue weighted by molar-refractivity contribution is -0.551. The van der Waals surface area contributed by atoms with Crippen molar-refractivity contribution in [3.63, 3.8) is 0 Å². The molecule has 3 heterocycles. The Labute approximate surface area is 152 Å².